The Bertz CT molecular complexity index is 131. The number of carboxylic acid groups (broad SMARTS) is 1. The summed E-state index contributed by atoms with van der Waals surface area (Å²) >= 11 is 0. The molecule has 0 saturated heterocycles. The predicted octanol–water partition coefficient (Wildman–Crippen LogP) is 0.563. The minimum atomic E-state index is -0.855. The molecule has 0 bridgehead atoms. The van der Waals surface area contributed by atoms with Gasteiger partial charge in [-0.3, -0.25) is 0 Å². The maximum Gasteiger partial charge on any atom is 0.0445 e. The van der Waals surface area contributed by atoms with Crippen LogP contribution in [0, 0.1) is 11.8 Å². The molecule has 1 saturated carbocycles. The normalized spacial score (nSPS) is 33.7. The summed E-state index contributed by atoms with van der Waals surface area (Å²) in [6.45, 7) is 2.11. The third kappa shape index (κ3) is 1.72. The largest absolute Gasteiger partial charge is 0.550 e. The molecule has 1 aliphatic carbocycles. The highest BCUT2D eigenvalue weighted by Gasteiger charge is 2.18. The van der Waals surface area contributed by atoms with Crippen molar-refractivity contribution < 1.29 is 9.90 Å². The SMILES string of the molecule is CC1CCCC(C(=O)[O-])C1. The summed E-state index contributed by atoms with van der Waals surface area (Å²) in [6, 6.07) is 0. The molecular weight excluding hydrogens is 128 g/mol. The lowest BCUT2D eigenvalue weighted by molar-refractivity contribution is -0.312. The summed E-state index contributed by atoms with van der Waals surface area (Å²) in [5.41, 5.74) is 0. The number of carbonyl (C=O) groups is 1. The summed E-state index contributed by atoms with van der Waals surface area (Å²) in [5.74, 6) is -0.438. The second kappa shape index (κ2) is 3.04. The molecule has 0 spiro atoms. The Morgan fingerprint density at radius 2 is 2.20 bits per heavy atom. The van der Waals surface area contributed by atoms with Crippen molar-refractivity contribution in [3.63, 3.8) is 0 Å². The number of aliphatic carboxylic acids is 1. The quantitative estimate of drug-likeness (QED) is 0.535. The first-order valence-corrected chi connectivity index (χ1v) is 3.91. The first-order chi connectivity index (χ1) is 4.70. The molecule has 0 N–H and O–H groups in total. The van der Waals surface area contributed by atoms with Gasteiger partial charge in [0.05, 0.1) is 0 Å². The number of hydrogen-bond acceptors (Lipinski definition) is 2. The van der Waals surface area contributed by atoms with Gasteiger partial charge in [-0.2, -0.15) is 0 Å². The van der Waals surface area contributed by atoms with E-state index in [0.29, 0.717) is 5.92 Å². The second-order valence-electron chi connectivity index (χ2n) is 3.29. The van der Waals surface area contributed by atoms with Gasteiger partial charge < -0.3 is 9.90 Å². The fraction of sp³-hybridized carbons (Fsp3) is 0.875. The minimum absolute atomic E-state index is 0.163. The highest BCUT2D eigenvalue weighted by Crippen LogP contribution is 2.27. The van der Waals surface area contributed by atoms with E-state index in [2.05, 4.69) is 6.92 Å². The molecule has 0 aromatic rings. The topological polar surface area (TPSA) is 40.1 Å². The highest BCUT2D eigenvalue weighted by atomic mass is 16.4. The van der Waals surface area contributed by atoms with Crippen LogP contribution in [-0.4, -0.2) is 5.97 Å². The first-order valence-electron chi connectivity index (χ1n) is 3.91. The molecule has 1 fully saturated rings. The van der Waals surface area contributed by atoms with Crippen molar-refractivity contribution in [2.75, 3.05) is 0 Å². The van der Waals surface area contributed by atoms with Crippen LogP contribution in [0.15, 0.2) is 0 Å². The van der Waals surface area contributed by atoms with E-state index in [1.807, 2.05) is 0 Å². The van der Waals surface area contributed by atoms with Crippen LogP contribution < -0.4 is 5.11 Å². The highest BCUT2D eigenvalue weighted by molar-refractivity contribution is 5.67. The lowest BCUT2D eigenvalue weighted by atomic mass is 9.83. The smallest absolute Gasteiger partial charge is 0.0445 e. The van der Waals surface area contributed by atoms with Crippen molar-refractivity contribution in [2.45, 2.75) is 32.6 Å². The van der Waals surface area contributed by atoms with Crippen LogP contribution in [0.4, 0.5) is 0 Å². The van der Waals surface area contributed by atoms with Gasteiger partial charge in [0.25, 0.3) is 0 Å². The van der Waals surface area contributed by atoms with Crippen molar-refractivity contribution in [2.24, 2.45) is 11.8 Å². The number of rotatable bonds is 1. The molecule has 2 heteroatoms. The number of carbonyl (C=O) groups excluding carboxylic acids is 1. The molecule has 0 amide bonds. The summed E-state index contributed by atoms with van der Waals surface area (Å²) in [5, 5.41) is 10.4. The van der Waals surface area contributed by atoms with Crippen LogP contribution >= 0.6 is 0 Å². The summed E-state index contributed by atoms with van der Waals surface area (Å²) in [6.07, 6.45) is 3.89. The summed E-state index contributed by atoms with van der Waals surface area (Å²) in [4.78, 5) is 10.4. The maximum atomic E-state index is 10.4. The molecule has 1 aliphatic rings. The van der Waals surface area contributed by atoms with Crippen molar-refractivity contribution in [1.82, 2.24) is 0 Å². The zero-order valence-corrected chi connectivity index (χ0v) is 6.30. The molecule has 0 aromatic heterocycles. The van der Waals surface area contributed by atoms with E-state index in [1.165, 1.54) is 6.42 Å². The number of carboxylic acids is 1. The Morgan fingerprint density at radius 1 is 1.50 bits per heavy atom. The van der Waals surface area contributed by atoms with Gasteiger partial charge in [0, 0.05) is 5.97 Å². The molecule has 0 heterocycles. The van der Waals surface area contributed by atoms with Crippen molar-refractivity contribution >= 4 is 5.97 Å². The summed E-state index contributed by atoms with van der Waals surface area (Å²) < 4.78 is 0. The Hall–Kier alpha value is -0.530. The average molecular weight is 141 g/mol. The van der Waals surface area contributed by atoms with Gasteiger partial charge in [-0.25, -0.2) is 0 Å². The molecule has 0 aliphatic heterocycles. The van der Waals surface area contributed by atoms with Gasteiger partial charge in [-0.05, 0) is 24.7 Å². The molecular formula is C8H13O2-. The first kappa shape index (κ1) is 7.58. The van der Waals surface area contributed by atoms with Gasteiger partial charge in [-0.1, -0.05) is 19.8 Å². The van der Waals surface area contributed by atoms with Gasteiger partial charge in [0.1, 0.15) is 0 Å². The zero-order valence-electron chi connectivity index (χ0n) is 6.30. The van der Waals surface area contributed by atoms with Gasteiger partial charge >= 0.3 is 0 Å². The van der Waals surface area contributed by atoms with Crippen molar-refractivity contribution in [3.05, 3.63) is 0 Å². The molecule has 1 rings (SSSR count). The standard InChI is InChI=1S/C8H14O2/c1-6-3-2-4-7(5-6)8(9)10/h6-7H,2-5H2,1H3,(H,9,10)/p-1. The second-order valence-corrected chi connectivity index (χ2v) is 3.29. The van der Waals surface area contributed by atoms with Crippen LogP contribution in [0.3, 0.4) is 0 Å². The third-order valence-electron chi connectivity index (χ3n) is 2.27. The van der Waals surface area contributed by atoms with E-state index in [0.717, 1.165) is 19.3 Å². The van der Waals surface area contributed by atoms with Gasteiger partial charge in [0.2, 0.25) is 0 Å². The zero-order chi connectivity index (χ0) is 7.56. The fourth-order valence-electron chi connectivity index (χ4n) is 1.65. The molecule has 10 heavy (non-hydrogen) atoms. The Morgan fingerprint density at radius 3 is 2.60 bits per heavy atom. The van der Waals surface area contributed by atoms with Crippen LogP contribution in [-0.2, 0) is 4.79 Å². The lowest BCUT2D eigenvalue weighted by Gasteiger charge is -2.26. The molecule has 2 nitrogen and oxygen atoms in total. The van der Waals surface area contributed by atoms with E-state index < -0.39 is 5.97 Å². The van der Waals surface area contributed by atoms with E-state index >= 15 is 0 Å². The van der Waals surface area contributed by atoms with Crippen LogP contribution in [0.2, 0.25) is 0 Å². The van der Waals surface area contributed by atoms with E-state index in [-0.39, 0.29) is 5.92 Å². The fourth-order valence-corrected chi connectivity index (χ4v) is 1.65. The van der Waals surface area contributed by atoms with Crippen LogP contribution in [0.25, 0.3) is 0 Å². The molecule has 2 unspecified atom stereocenters. The molecule has 0 aromatic carbocycles. The minimum Gasteiger partial charge on any atom is -0.550 e. The number of hydrogen-bond donors (Lipinski definition) is 0. The monoisotopic (exact) mass is 141 g/mol. The third-order valence-corrected chi connectivity index (χ3v) is 2.27. The molecule has 58 valence electrons. The van der Waals surface area contributed by atoms with Gasteiger partial charge in [0.15, 0.2) is 0 Å². The molecule has 0 radical (unpaired) electrons. The Balaban J connectivity index is 2.39. The summed E-state index contributed by atoms with van der Waals surface area (Å²) in [7, 11) is 0. The average Bonchev–Trinajstić information content (AvgIpc) is 1.88. The predicted molar refractivity (Wildman–Crippen MR) is 36.1 cm³/mol. The van der Waals surface area contributed by atoms with E-state index in [4.69, 9.17) is 0 Å². The lowest BCUT2D eigenvalue weighted by Crippen LogP contribution is -2.34. The molecule has 2 atom stereocenters. The Kier molecular flexibility index (Phi) is 2.30. The van der Waals surface area contributed by atoms with Crippen LogP contribution in [0.1, 0.15) is 32.6 Å². The van der Waals surface area contributed by atoms with Crippen LogP contribution in [0.5, 0.6) is 0 Å². The Labute approximate surface area is 61.2 Å². The van der Waals surface area contributed by atoms with Crippen molar-refractivity contribution in [3.8, 4) is 0 Å². The van der Waals surface area contributed by atoms with Crippen molar-refractivity contribution in [1.29, 1.82) is 0 Å². The van der Waals surface area contributed by atoms with E-state index in [9.17, 15) is 9.90 Å². The maximum absolute atomic E-state index is 10.4. The van der Waals surface area contributed by atoms with Gasteiger partial charge in [-0.15, -0.1) is 0 Å². The van der Waals surface area contributed by atoms with E-state index in [1.54, 1.807) is 0 Å².